The highest BCUT2D eigenvalue weighted by molar-refractivity contribution is 6.22. The summed E-state index contributed by atoms with van der Waals surface area (Å²) in [4.78, 5) is 13.9. The van der Waals surface area contributed by atoms with Gasteiger partial charge in [0.05, 0.1) is 5.56 Å². The molecule has 4 saturated carbocycles. The van der Waals surface area contributed by atoms with Gasteiger partial charge in [-0.15, -0.1) is 5.23 Å². The van der Waals surface area contributed by atoms with Crippen molar-refractivity contribution in [2.45, 2.75) is 84.2 Å². The van der Waals surface area contributed by atoms with Crippen LogP contribution in [0.25, 0.3) is 21.5 Å². The van der Waals surface area contributed by atoms with Crippen LogP contribution in [0.4, 0.5) is 5.69 Å². The first-order valence-electron chi connectivity index (χ1n) is 16.3. The molecule has 5 aliphatic rings. The Morgan fingerprint density at radius 1 is 1.00 bits per heavy atom. The van der Waals surface area contributed by atoms with Crippen molar-refractivity contribution in [3.8, 4) is 11.5 Å². The molecule has 8 heteroatoms. The molecular weight excluding hydrogens is 558 g/mol. The molecule has 3 aromatic carbocycles. The number of rotatable bonds is 4. The lowest BCUT2D eigenvalue weighted by Gasteiger charge is -2.64. The number of fused-ring (bicyclic) bond motifs is 8. The first-order chi connectivity index (χ1) is 21.0. The molecule has 0 aromatic heterocycles. The molecule has 2 bridgehead atoms. The van der Waals surface area contributed by atoms with Crippen LogP contribution >= 0.6 is 0 Å². The predicted molar refractivity (Wildman–Crippen MR) is 165 cm³/mol. The van der Waals surface area contributed by atoms with Gasteiger partial charge in [0, 0.05) is 10.8 Å². The number of carbonyl (C=O) groups is 1. The first-order valence-corrected chi connectivity index (χ1v) is 16.3. The summed E-state index contributed by atoms with van der Waals surface area (Å²) in [7, 11) is 0. The van der Waals surface area contributed by atoms with E-state index >= 15 is 0 Å². The van der Waals surface area contributed by atoms with Gasteiger partial charge in [0.2, 0.25) is 6.79 Å². The molecule has 4 fully saturated rings. The molecule has 0 unspecified atom stereocenters. The van der Waals surface area contributed by atoms with Gasteiger partial charge < -0.3 is 19.3 Å². The maximum atomic E-state index is 13.9. The van der Waals surface area contributed by atoms with Crippen molar-refractivity contribution >= 4 is 33.2 Å². The summed E-state index contributed by atoms with van der Waals surface area (Å²) in [5.41, 5.74) is -0.185. The smallest absolute Gasteiger partial charge is 0.339 e. The lowest BCUT2D eigenvalue weighted by molar-refractivity contribution is -0.145. The summed E-state index contributed by atoms with van der Waals surface area (Å²) >= 11 is 0. The second-order valence-corrected chi connectivity index (χ2v) is 15.5. The summed E-state index contributed by atoms with van der Waals surface area (Å²) < 4.78 is 17.5. The molecule has 234 valence electrons. The average molecular weight is 602 g/mol. The van der Waals surface area contributed by atoms with E-state index in [1.807, 2.05) is 24.3 Å². The Balaban J connectivity index is 1.12. The van der Waals surface area contributed by atoms with E-state index in [1.165, 1.54) is 25.7 Å². The normalized spacial score (nSPS) is 34.9. The molecule has 0 radical (unpaired) electrons. The van der Waals surface area contributed by atoms with Crippen molar-refractivity contribution in [3.05, 3.63) is 42.0 Å². The van der Waals surface area contributed by atoms with Crippen LogP contribution in [-0.2, 0) is 4.74 Å². The van der Waals surface area contributed by atoms with Crippen LogP contribution in [-0.4, -0.2) is 40.5 Å². The molecule has 3 N–H and O–H groups in total. The fraction of sp³-hybridized carbons (Fsp3) is 0.583. The first kappa shape index (κ1) is 28.4. The fourth-order valence-electron chi connectivity index (χ4n) is 11.3. The number of aliphatic hydroxyl groups is 1. The summed E-state index contributed by atoms with van der Waals surface area (Å²) in [6.45, 7) is 7.37. The van der Waals surface area contributed by atoms with E-state index in [2.05, 4.69) is 20.8 Å². The molecule has 3 aromatic rings. The predicted octanol–water partition coefficient (Wildman–Crippen LogP) is 7.63. The van der Waals surface area contributed by atoms with Crippen molar-refractivity contribution in [2.75, 3.05) is 18.6 Å². The van der Waals surface area contributed by atoms with E-state index in [1.54, 1.807) is 12.1 Å². The minimum atomic E-state index is -1.08. The number of anilines is 1. The molecular formula is C36H43NO7. The summed E-state index contributed by atoms with van der Waals surface area (Å²) in [6.07, 6.45) is 9.95. The van der Waals surface area contributed by atoms with Crippen LogP contribution in [0.1, 0.15) is 88.9 Å². The minimum Gasteiger partial charge on any atom is -0.459 e. The zero-order valence-corrected chi connectivity index (χ0v) is 25.9. The number of carbonyl (C=O) groups excluding carboxylic acids is 1. The molecule has 8 nitrogen and oxygen atoms in total. The topological polar surface area (TPSA) is 109 Å². The van der Waals surface area contributed by atoms with Gasteiger partial charge >= 0.3 is 5.97 Å². The highest BCUT2D eigenvalue weighted by Gasteiger charge is 2.67. The number of hydrogen-bond acceptors (Lipinski definition) is 8. The number of nitrogens with zero attached hydrogens (tertiary/aromatic N) is 1. The monoisotopic (exact) mass is 601 g/mol. The van der Waals surface area contributed by atoms with E-state index in [9.17, 15) is 20.3 Å². The summed E-state index contributed by atoms with van der Waals surface area (Å²) in [6, 6.07) is 10.7. The van der Waals surface area contributed by atoms with Crippen LogP contribution in [0.3, 0.4) is 0 Å². The van der Waals surface area contributed by atoms with Crippen molar-refractivity contribution in [1.29, 1.82) is 0 Å². The van der Waals surface area contributed by atoms with Crippen molar-refractivity contribution < 1.29 is 34.5 Å². The van der Waals surface area contributed by atoms with E-state index in [-0.39, 0.29) is 46.6 Å². The van der Waals surface area contributed by atoms with Gasteiger partial charge in [0.25, 0.3) is 0 Å². The Morgan fingerprint density at radius 2 is 1.82 bits per heavy atom. The second kappa shape index (κ2) is 9.47. The third kappa shape index (κ3) is 3.89. The molecule has 44 heavy (non-hydrogen) atoms. The van der Waals surface area contributed by atoms with Crippen LogP contribution in [0.15, 0.2) is 36.4 Å². The lowest BCUT2D eigenvalue weighted by Crippen LogP contribution is -2.55. The number of esters is 1. The van der Waals surface area contributed by atoms with Gasteiger partial charge in [-0.25, -0.2) is 4.79 Å². The minimum absolute atomic E-state index is 0.00884. The summed E-state index contributed by atoms with van der Waals surface area (Å²) in [5.74, 6) is 1.60. The van der Waals surface area contributed by atoms with Crippen molar-refractivity contribution in [2.24, 2.45) is 34.0 Å². The highest BCUT2D eigenvalue weighted by Crippen LogP contribution is 2.73. The Bertz CT molecular complexity index is 1680. The maximum absolute atomic E-state index is 13.9. The fourth-order valence-corrected chi connectivity index (χ4v) is 11.3. The third-order valence-electron chi connectivity index (χ3n) is 12.9. The Morgan fingerprint density at radius 3 is 2.64 bits per heavy atom. The lowest BCUT2D eigenvalue weighted by atomic mass is 9.41. The highest BCUT2D eigenvalue weighted by atomic mass is 16.8. The van der Waals surface area contributed by atoms with E-state index in [0.717, 1.165) is 36.5 Å². The zero-order chi connectivity index (χ0) is 30.6. The van der Waals surface area contributed by atoms with Crippen LogP contribution in [0.5, 0.6) is 11.5 Å². The quantitative estimate of drug-likeness (QED) is 0.159. The molecule has 6 atom stereocenters. The largest absolute Gasteiger partial charge is 0.459 e. The SMILES string of the molecule is CC1(C)CCC[C@]2(C)[C@@H]1CC[C@@]13C[C@@H](CC[C@H]12)[C@@](O)(COC(=O)c1cc2c(c4c1c(N(O)O)cc1ccccc14)OCO2)C3. The van der Waals surface area contributed by atoms with Gasteiger partial charge in [0.15, 0.2) is 11.5 Å². The van der Waals surface area contributed by atoms with Crippen molar-refractivity contribution in [1.82, 2.24) is 0 Å². The van der Waals surface area contributed by atoms with Crippen LogP contribution in [0, 0.1) is 34.0 Å². The van der Waals surface area contributed by atoms with Gasteiger partial charge in [-0.2, -0.15) is 0 Å². The van der Waals surface area contributed by atoms with Gasteiger partial charge in [0.1, 0.15) is 17.9 Å². The van der Waals surface area contributed by atoms with E-state index in [0.29, 0.717) is 45.9 Å². The Labute approximate surface area is 257 Å². The molecule has 0 saturated heterocycles. The van der Waals surface area contributed by atoms with Gasteiger partial charge in [-0.05, 0) is 108 Å². The Hall–Kier alpha value is -3.07. The number of ether oxygens (including phenoxy) is 3. The van der Waals surface area contributed by atoms with Gasteiger partial charge in [-0.1, -0.05) is 51.5 Å². The molecule has 1 aliphatic heterocycles. The summed E-state index contributed by atoms with van der Waals surface area (Å²) in [5, 5.41) is 35.1. The Kier molecular flexibility index (Phi) is 6.12. The van der Waals surface area contributed by atoms with Gasteiger partial charge in [-0.3, -0.25) is 10.4 Å². The van der Waals surface area contributed by atoms with Crippen LogP contribution < -0.4 is 14.7 Å². The average Bonchev–Trinajstić information content (AvgIpc) is 3.54. The van der Waals surface area contributed by atoms with Crippen molar-refractivity contribution in [3.63, 3.8) is 0 Å². The third-order valence-corrected chi connectivity index (χ3v) is 12.9. The van der Waals surface area contributed by atoms with Crippen LogP contribution in [0.2, 0.25) is 0 Å². The standard InChI is InChI=1S/C36H43NO7/c1-33(2)12-6-13-34(3)27(33)11-14-35-17-22(9-10-28(34)35)36(39,18-35)19-42-32(38)24-16-26-31(44-20-43-26)30-23-8-5-4-7-21(23)15-25(29(24)30)37(40)41/h4-5,7-8,15-16,22,27-28,39-41H,6,9-14,17-20H2,1-3H3/t22-,27-,28+,34-,35+,36+/m1/s1. The molecule has 8 rings (SSSR count). The molecule has 4 aliphatic carbocycles. The molecule has 1 spiro atoms. The number of benzene rings is 3. The number of hydrogen-bond donors (Lipinski definition) is 3. The second-order valence-electron chi connectivity index (χ2n) is 15.5. The molecule has 0 amide bonds. The van der Waals surface area contributed by atoms with E-state index in [4.69, 9.17) is 14.2 Å². The zero-order valence-electron chi connectivity index (χ0n) is 25.9. The maximum Gasteiger partial charge on any atom is 0.339 e. The van der Waals surface area contributed by atoms with E-state index < -0.39 is 11.6 Å². The molecule has 1 heterocycles.